The second-order valence-corrected chi connectivity index (χ2v) is 3.55. The van der Waals surface area contributed by atoms with E-state index in [1.54, 1.807) is 0 Å². The lowest BCUT2D eigenvalue weighted by molar-refractivity contribution is 0.594. The molecule has 2 rings (SSSR count). The molecule has 1 aliphatic heterocycles. The summed E-state index contributed by atoms with van der Waals surface area (Å²) in [5, 5.41) is 3.47. The van der Waals surface area contributed by atoms with Crippen LogP contribution in [0.5, 0.6) is 0 Å². The minimum atomic E-state index is 0.646. The molecular weight excluding hydrogens is 146 g/mol. The van der Waals surface area contributed by atoms with Gasteiger partial charge in [0.1, 0.15) is 0 Å². The van der Waals surface area contributed by atoms with E-state index in [4.69, 9.17) is 0 Å². The monoisotopic (exact) mass is 161 g/mol. The molecule has 1 aromatic rings. The molecule has 0 bridgehead atoms. The molecule has 0 radical (unpaired) electrons. The molecule has 1 nitrogen and oxygen atoms in total. The van der Waals surface area contributed by atoms with Crippen LogP contribution < -0.4 is 5.32 Å². The summed E-state index contributed by atoms with van der Waals surface area (Å²) >= 11 is 0. The van der Waals surface area contributed by atoms with Crippen molar-refractivity contribution < 1.29 is 0 Å². The summed E-state index contributed by atoms with van der Waals surface area (Å²) in [6.45, 7) is 3.44. The van der Waals surface area contributed by atoms with Crippen molar-refractivity contribution in [1.82, 2.24) is 5.32 Å². The molecule has 0 unspecified atom stereocenters. The fourth-order valence-corrected chi connectivity index (χ4v) is 2.01. The number of benzene rings is 1. The molecule has 1 heterocycles. The van der Waals surface area contributed by atoms with Gasteiger partial charge in [-0.15, -0.1) is 0 Å². The maximum atomic E-state index is 3.47. The average Bonchev–Trinajstić information content (AvgIpc) is 2.53. The largest absolute Gasteiger partial charge is 0.314 e. The van der Waals surface area contributed by atoms with Gasteiger partial charge in [-0.25, -0.2) is 0 Å². The second kappa shape index (κ2) is 3.28. The minimum absolute atomic E-state index is 0.646. The van der Waals surface area contributed by atoms with Gasteiger partial charge in [0.15, 0.2) is 0 Å². The van der Waals surface area contributed by atoms with Crippen LogP contribution in [0.4, 0.5) is 0 Å². The molecule has 1 aliphatic rings. The standard InChI is InChI=1S/C11H15N/c1-9-11(7-8-12-9)10-5-3-2-4-6-10/h2-6,9,11-12H,7-8H2,1H3/t9-,11-/m1/s1. The van der Waals surface area contributed by atoms with Crippen molar-refractivity contribution in [2.45, 2.75) is 25.3 Å². The van der Waals surface area contributed by atoms with Gasteiger partial charge >= 0.3 is 0 Å². The first-order valence-corrected chi connectivity index (χ1v) is 4.66. The van der Waals surface area contributed by atoms with Gasteiger partial charge in [-0.2, -0.15) is 0 Å². The summed E-state index contributed by atoms with van der Waals surface area (Å²) in [5.41, 5.74) is 1.48. The Morgan fingerprint density at radius 3 is 2.58 bits per heavy atom. The van der Waals surface area contributed by atoms with Crippen LogP contribution in [0.3, 0.4) is 0 Å². The smallest absolute Gasteiger partial charge is 0.0108 e. The van der Waals surface area contributed by atoms with Gasteiger partial charge in [0.25, 0.3) is 0 Å². The number of hydrogen-bond acceptors (Lipinski definition) is 1. The molecule has 1 N–H and O–H groups in total. The van der Waals surface area contributed by atoms with Gasteiger partial charge in [-0.1, -0.05) is 30.3 Å². The van der Waals surface area contributed by atoms with E-state index in [0.717, 1.165) is 5.92 Å². The van der Waals surface area contributed by atoms with E-state index in [1.165, 1.54) is 18.5 Å². The van der Waals surface area contributed by atoms with Crippen molar-refractivity contribution >= 4 is 0 Å². The lowest BCUT2D eigenvalue weighted by atomic mass is 9.93. The van der Waals surface area contributed by atoms with Gasteiger partial charge in [0, 0.05) is 12.0 Å². The zero-order chi connectivity index (χ0) is 8.39. The van der Waals surface area contributed by atoms with Gasteiger partial charge in [0.05, 0.1) is 0 Å². The molecule has 1 heteroatoms. The molecule has 12 heavy (non-hydrogen) atoms. The number of rotatable bonds is 1. The summed E-state index contributed by atoms with van der Waals surface area (Å²) in [6, 6.07) is 11.4. The van der Waals surface area contributed by atoms with Gasteiger partial charge in [-0.3, -0.25) is 0 Å². The van der Waals surface area contributed by atoms with Crippen molar-refractivity contribution in [1.29, 1.82) is 0 Å². The van der Waals surface area contributed by atoms with Gasteiger partial charge < -0.3 is 5.32 Å². The van der Waals surface area contributed by atoms with E-state index in [2.05, 4.69) is 42.6 Å². The molecule has 0 aliphatic carbocycles. The van der Waals surface area contributed by atoms with Gasteiger partial charge in [-0.05, 0) is 25.5 Å². The van der Waals surface area contributed by atoms with E-state index in [1.807, 2.05) is 0 Å². The van der Waals surface area contributed by atoms with Crippen molar-refractivity contribution in [2.75, 3.05) is 6.54 Å². The molecule has 0 amide bonds. The molecule has 1 fully saturated rings. The lowest BCUT2D eigenvalue weighted by Gasteiger charge is -2.14. The lowest BCUT2D eigenvalue weighted by Crippen LogP contribution is -2.21. The summed E-state index contributed by atoms with van der Waals surface area (Å²) in [5.74, 6) is 0.728. The third-order valence-electron chi connectivity index (χ3n) is 2.75. The summed E-state index contributed by atoms with van der Waals surface area (Å²) in [7, 11) is 0. The van der Waals surface area contributed by atoms with Crippen molar-refractivity contribution in [3.8, 4) is 0 Å². The summed E-state index contributed by atoms with van der Waals surface area (Å²) in [4.78, 5) is 0. The highest BCUT2D eigenvalue weighted by molar-refractivity contribution is 5.22. The minimum Gasteiger partial charge on any atom is -0.314 e. The SMILES string of the molecule is C[C@H]1NCC[C@H]1c1ccccc1. The fourth-order valence-electron chi connectivity index (χ4n) is 2.01. The molecule has 0 spiro atoms. The van der Waals surface area contributed by atoms with Crippen LogP contribution in [-0.4, -0.2) is 12.6 Å². The van der Waals surface area contributed by atoms with E-state index >= 15 is 0 Å². The van der Waals surface area contributed by atoms with Gasteiger partial charge in [0.2, 0.25) is 0 Å². The van der Waals surface area contributed by atoms with E-state index < -0.39 is 0 Å². The Morgan fingerprint density at radius 1 is 1.25 bits per heavy atom. The Bertz CT molecular complexity index is 242. The zero-order valence-corrected chi connectivity index (χ0v) is 7.46. The highest BCUT2D eigenvalue weighted by Gasteiger charge is 2.23. The van der Waals surface area contributed by atoms with E-state index in [0.29, 0.717) is 6.04 Å². The molecule has 2 atom stereocenters. The normalized spacial score (nSPS) is 29.1. The Labute approximate surface area is 73.8 Å². The molecule has 64 valence electrons. The molecule has 0 aromatic heterocycles. The summed E-state index contributed by atoms with van der Waals surface area (Å²) < 4.78 is 0. The average molecular weight is 161 g/mol. The van der Waals surface area contributed by atoms with Crippen LogP contribution in [0, 0.1) is 0 Å². The zero-order valence-electron chi connectivity index (χ0n) is 7.46. The van der Waals surface area contributed by atoms with Crippen LogP contribution in [0.2, 0.25) is 0 Å². The third-order valence-corrected chi connectivity index (χ3v) is 2.75. The van der Waals surface area contributed by atoms with E-state index in [9.17, 15) is 0 Å². The van der Waals surface area contributed by atoms with Crippen molar-refractivity contribution in [3.05, 3.63) is 35.9 Å². The number of nitrogens with one attached hydrogen (secondary N) is 1. The molecule has 1 aromatic carbocycles. The highest BCUT2D eigenvalue weighted by Crippen LogP contribution is 2.26. The molecule has 1 saturated heterocycles. The first-order chi connectivity index (χ1) is 5.88. The Morgan fingerprint density at radius 2 is 2.00 bits per heavy atom. The number of hydrogen-bond donors (Lipinski definition) is 1. The first kappa shape index (κ1) is 7.81. The Balaban J connectivity index is 2.19. The van der Waals surface area contributed by atoms with Crippen molar-refractivity contribution in [2.24, 2.45) is 0 Å². The second-order valence-electron chi connectivity index (χ2n) is 3.55. The third kappa shape index (κ3) is 1.37. The first-order valence-electron chi connectivity index (χ1n) is 4.66. The molecular formula is C11H15N. The maximum Gasteiger partial charge on any atom is 0.0108 e. The predicted molar refractivity (Wildman–Crippen MR) is 51.3 cm³/mol. The Hall–Kier alpha value is -0.820. The maximum absolute atomic E-state index is 3.47. The van der Waals surface area contributed by atoms with Crippen LogP contribution in [0.1, 0.15) is 24.8 Å². The van der Waals surface area contributed by atoms with Crippen LogP contribution in [0.15, 0.2) is 30.3 Å². The fraction of sp³-hybridized carbons (Fsp3) is 0.455. The van der Waals surface area contributed by atoms with E-state index in [-0.39, 0.29) is 0 Å². The van der Waals surface area contributed by atoms with Crippen LogP contribution >= 0.6 is 0 Å². The summed E-state index contributed by atoms with van der Waals surface area (Å²) in [6.07, 6.45) is 1.28. The quantitative estimate of drug-likeness (QED) is 0.665. The Kier molecular flexibility index (Phi) is 2.13. The topological polar surface area (TPSA) is 12.0 Å². The predicted octanol–water partition coefficient (Wildman–Crippen LogP) is 2.15. The highest BCUT2D eigenvalue weighted by atomic mass is 14.9. The molecule has 0 saturated carbocycles. The van der Waals surface area contributed by atoms with Crippen molar-refractivity contribution in [3.63, 3.8) is 0 Å². The van der Waals surface area contributed by atoms with Crippen LogP contribution in [-0.2, 0) is 0 Å². The van der Waals surface area contributed by atoms with Crippen LogP contribution in [0.25, 0.3) is 0 Å².